The normalized spacial score (nSPS) is 17.4. The molecule has 0 unspecified atom stereocenters. The molecule has 1 aromatic carbocycles. The highest BCUT2D eigenvalue weighted by Gasteiger charge is 2.13. The minimum absolute atomic E-state index is 0.113. The first-order valence-corrected chi connectivity index (χ1v) is 8.69. The average Bonchev–Trinajstić information content (AvgIpc) is 2.59. The molecule has 0 saturated heterocycles. The summed E-state index contributed by atoms with van der Waals surface area (Å²) < 4.78 is 0. The van der Waals surface area contributed by atoms with Gasteiger partial charge in [0.15, 0.2) is 11.6 Å². The molecule has 0 aromatic heterocycles. The zero-order valence-electron chi connectivity index (χ0n) is 15.6. The maximum atomic E-state index is 11.8. The quantitative estimate of drug-likeness (QED) is 0.721. The van der Waals surface area contributed by atoms with Gasteiger partial charge in [-0.25, -0.2) is 0 Å². The number of allylic oxidation sites excluding steroid dienone is 10. The zero-order valence-corrected chi connectivity index (χ0v) is 15.6. The molecule has 0 atom stereocenters. The van der Waals surface area contributed by atoms with E-state index >= 15 is 0 Å². The topological polar surface area (TPSA) is 34.1 Å². The molecule has 0 heterocycles. The van der Waals surface area contributed by atoms with Crippen LogP contribution in [0.1, 0.15) is 38.8 Å². The van der Waals surface area contributed by atoms with Crippen molar-refractivity contribution in [2.45, 2.75) is 27.7 Å². The van der Waals surface area contributed by atoms with Crippen molar-refractivity contribution in [1.82, 2.24) is 0 Å². The van der Waals surface area contributed by atoms with E-state index in [2.05, 4.69) is 36.4 Å². The first kappa shape index (κ1) is 17.8. The van der Waals surface area contributed by atoms with Gasteiger partial charge in [-0.1, -0.05) is 24.3 Å². The van der Waals surface area contributed by atoms with E-state index in [9.17, 15) is 9.59 Å². The van der Waals surface area contributed by atoms with E-state index in [1.807, 2.05) is 52.0 Å². The molecule has 0 spiro atoms. The van der Waals surface area contributed by atoms with E-state index in [1.54, 1.807) is 0 Å². The predicted molar refractivity (Wildman–Crippen MR) is 107 cm³/mol. The summed E-state index contributed by atoms with van der Waals surface area (Å²) in [7, 11) is 0. The summed E-state index contributed by atoms with van der Waals surface area (Å²) in [4.78, 5) is 23.6. The summed E-state index contributed by atoms with van der Waals surface area (Å²) in [5, 5.41) is 0. The Morgan fingerprint density at radius 1 is 0.538 bits per heavy atom. The smallest absolute Gasteiger partial charge is 0.184 e. The van der Waals surface area contributed by atoms with Crippen molar-refractivity contribution in [2.24, 2.45) is 0 Å². The van der Waals surface area contributed by atoms with Crippen LogP contribution in [0, 0.1) is 0 Å². The number of carbonyl (C=O) groups is 2. The van der Waals surface area contributed by atoms with Gasteiger partial charge in [-0.3, -0.25) is 9.59 Å². The Morgan fingerprint density at radius 3 is 1.08 bits per heavy atom. The zero-order chi connectivity index (χ0) is 18.8. The summed E-state index contributed by atoms with van der Waals surface area (Å²) in [5.41, 5.74) is 7.33. The fraction of sp³-hybridized carbons (Fsp3) is 0.167. The van der Waals surface area contributed by atoms with Gasteiger partial charge in [0.25, 0.3) is 0 Å². The van der Waals surface area contributed by atoms with Gasteiger partial charge in [0.05, 0.1) is 0 Å². The van der Waals surface area contributed by atoms with Gasteiger partial charge >= 0.3 is 0 Å². The van der Waals surface area contributed by atoms with Crippen LogP contribution in [0.25, 0.3) is 12.2 Å². The van der Waals surface area contributed by atoms with Crippen molar-refractivity contribution in [3.8, 4) is 0 Å². The van der Waals surface area contributed by atoms with Crippen LogP contribution in [-0.4, -0.2) is 11.6 Å². The largest absolute Gasteiger partial charge is 0.289 e. The van der Waals surface area contributed by atoms with Gasteiger partial charge in [0.1, 0.15) is 0 Å². The second kappa shape index (κ2) is 7.09. The highest BCUT2D eigenvalue weighted by atomic mass is 16.1. The molecule has 2 nitrogen and oxygen atoms in total. The lowest BCUT2D eigenvalue weighted by atomic mass is 9.94. The summed E-state index contributed by atoms with van der Waals surface area (Å²) >= 11 is 0. The Kier molecular flexibility index (Phi) is 4.85. The van der Waals surface area contributed by atoms with E-state index in [1.165, 1.54) is 0 Å². The molecule has 0 bridgehead atoms. The van der Waals surface area contributed by atoms with E-state index < -0.39 is 0 Å². The van der Waals surface area contributed by atoms with Crippen molar-refractivity contribution in [1.29, 1.82) is 0 Å². The summed E-state index contributed by atoms with van der Waals surface area (Å²) in [5.74, 6) is 0.226. The number of hydrogen-bond donors (Lipinski definition) is 0. The van der Waals surface area contributed by atoms with E-state index in [4.69, 9.17) is 0 Å². The monoisotopic (exact) mass is 342 g/mol. The minimum Gasteiger partial charge on any atom is -0.289 e. The number of rotatable bonds is 2. The fourth-order valence-corrected chi connectivity index (χ4v) is 3.21. The van der Waals surface area contributed by atoms with E-state index in [0.717, 1.165) is 44.6 Å². The van der Waals surface area contributed by atoms with Crippen molar-refractivity contribution in [3.63, 3.8) is 0 Å². The van der Waals surface area contributed by atoms with Gasteiger partial charge in [-0.2, -0.15) is 0 Å². The van der Waals surface area contributed by atoms with Crippen LogP contribution in [0.15, 0.2) is 82.0 Å². The molecular formula is C24H22O2. The second-order valence-electron chi connectivity index (χ2n) is 6.92. The highest BCUT2D eigenvalue weighted by Crippen LogP contribution is 2.23. The van der Waals surface area contributed by atoms with Crippen LogP contribution >= 0.6 is 0 Å². The Morgan fingerprint density at radius 2 is 0.808 bits per heavy atom. The molecule has 0 N–H and O–H groups in total. The molecule has 0 amide bonds. The van der Waals surface area contributed by atoms with Crippen LogP contribution in [0.5, 0.6) is 0 Å². The Hall–Kier alpha value is -3.00. The van der Waals surface area contributed by atoms with Gasteiger partial charge in [-0.05, 0) is 109 Å². The lowest BCUT2D eigenvalue weighted by Crippen LogP contribution is -2.05. The van der Waals surface area contributed by atoms with Crippen molar-refractivity contribution in [2.75, 3.05) is 0 Å². The molecule has 2 heteroatoms. The molecule has 1 aromatic rings. The predicted octanol–water partition coefficient (Wildman–Crippen LogP) is 5.40. The fourth-order valence-electron chi connectivity index (χ4n) is 3.21. The van der Waals surface area contributed by atoms with Gasteiger partial charge in [0.2, 0.25) is 0 Å². The second-order valence-corrected chi connectivity index (χ2v) is 6.92. The van der Waals surface area contributed by atoms with Crippen LogP contribution in [-0.2, 0) is 9.59 Å². The van der Waals surface area contributed by atoms with Gasteiger partial charge < -0.3 is 0 Å². The van der Waals surface area contributed by atoms with Crippen LogP contribution in [0.2, 0.25) is 0 Å². The van der Waals surface area contributed by atoms with E-state index in [0.29, 0.717) is 0 Å². The molecule has 2 aliphatic rings. The molecule has 2 aliphatic carbocycles. The number of Topliss-reactive ketones (excluding diaryl/α,β-unsaturated/α-hetero) is 2. The number of hydrogen-bond acceptors (Lipinski definition) is 2. The van der Waals surface area contributed by atoms with Gasteiger partial charge in [0, 0.05) is 0 Å². The van der Waals surface area contributed by atoms with Crippen molar-refractivity contribution in [3.05, 3.63) is 93.1 Å². The lowest BCUT2D eigenvalue weighted by molar-refractivity contribution is -0.113. The average molecular weight is 342 g/mol. The Balaban J connectivity index is 1.84. The molecular weight excluding hydrogens is 320 g/mol. The van der Waals surface area contributed by atoms with E-state index in [-0.39, 0.29) is 11.6 Å². The third-order valence-corrected chi connectivity index (χ3v) is 4.57. The van der Waals surface area contributed by atoms with Crippen LogP contribution in [0.4, 0.5) is 0 Å². The standard InChI is InChI=1S/C24H22O2/c1-15-9-21(10-16(2)23(15)25)13-19-5-7-20(8-6-19)14-22-11-17(3)24(26)18(4)12-22/h5-14H,1-4H3. The van der Waals surface area contributed by atoms with Crippen LogP contribution < -0.4 is 0 Å². The summed E-state index contributed by atoms with van der Waals surface area (Å²) in [6.45, 7) is 7.40. The third kappa shape index (κ3) is 3.80. The van der Waals surface area contributed by atoms with Crippen LogP contribution in [0.3, 0.4) is 0 Å². The molecule has 0 aliphatic heterocycles. The summed E-state index contributed by atoms with van der Waals surface area (Å²) in [6, 6.07) is 8.24. The number of ketones is 2. The molecule has 0 fully saturated rings. The maximum absolute atomic E-state index is 11.8. The molecule has 3 rings (SSSR count). The lowest BCUT2D eigenvalue weighted by Gasteiger charge is -2.10. The summed E-state index contributed by atoms with van der Waals surface area (Å²) in [6.07, 6.45) is 11.8. The first-order valence-electron chi connectivity index (χ1n) is 8.69. The Labute approximate surface area is 154 Å². The third-order valence-electron chi connectivity index (χ3n) is 4.57. The molecule has 0 saturated carbocycles. The minimum atomic E-state index is 0.113. The Bertz CT molecular complexity index is 843. The highest BCUT2D eigenvalue weighted by molar-refractivity contribution is 6.10. The SMILES string of the molecule is CC1=CC(=Cc2ccc(C=C3C=C(C)C(=O)C(C)=C3)cc2)C=C(C)C1=O. The molecule has 0 radical (unpaired) electrons. The molecule has 130 valence electrons. The number of carbonyl (C=O) groups excluding carboxylic acids is 2. The molecule has 26 heavy (non-hydrogen) atoms. The first-order chi connectivity index (χ1) is 12.3. The van der Waals surface area contributed by atoms with Crippen molar-refractivity contribution >= 4 is 23.7 Å². The number of benzene rings is 1. The van der Waals surface area contributed by atoms with Gasteiger partial charge in [-0.15, -0.1) is 0 Å². The van der Waals surface area contributed by atoms with Crippen molar-refractivity contribution < 1.29 is 9.59 Å². The maximum Gasteiger partial charge on any atom is 0.184 e.